The molecule has 0 fully saturated rings. The molecule has 0 heterocycles. The fraction of sp³-hybridized carbons (Fsp3) is 0.259. The zero-order valence-corrected chi connectivity index (χ0v) is 19.5. The molecule has 0 radical (unpaired) electrons. The van der Waals surface area contributed by atoms with Gasteiger partial charge in [-0.25, -0.2) is 0 Å². The molecule has 0 aromatic heterocycles. The normalized spacial score (nSPS) is 11.0. The highest BCUT2D eigenvalue weighted by Gasteiger charge is 2.47. The second-order valence-corrected chi connectivity index (χ2v) is 11.1. The van der Waals surface area contributed by atoms with E-state index in [1.54, 1.807) is 6.92 Å². The van der Waals surface area contributed by atoms with Crippen molar-refractivity contribution in [2.45, 2.75) is 26.2 Å². The van der Waals surface area contributed by atoms with Gasteiger partial charge in [0.1, 0.15) is 23.2 Å². The van der Waals surface area contributed by atoms with Crippen molar-refractivity contribution in [3.05, 3.63) is 91.0 Å². The molecule has 4 nitrogen and oxygen atoms in total. The van der Waals surface area contributed by atoms with E-state index in [-0.39, 0.29) is 11.9 Å². The van der Waals surface area contributed by atoms with E-state index in [0.717, 1.165) is 6.42 Å². The molecule has 0 unspecified atom stereocenters. The maximum atomic E-state index is 13.2. The van der Waals surface area contributed by atoms with Crippen LogP contribution in [0.2, 0.25) is 0 Å². The molecule has 3 aromatic rings. The molecule has 0 saturated carbocycles. The van der Waals surface area contributed by atoms with E-state index in [1.165, 1.54) is 15.9 Å². The SMILES string of the molecule is CCOC(=O)CCCCNC(=O)C[P+](c1ccccc1)(c1ccccc1)c1ccccc1. The van der Waals surface area contributed by atoms with Crippen LogP contribution in [0.3, 0.4) is 0 Å². The first kappa shape index (κ1) is 23.7. The lowest BCUT2D eigenvalue weighted by atomic mass is 10.2. The van der Waals surface area contributed by atoms with Crippen LogP contribution < -0.4 is 21.2 Å². The van der Waals surface area contributed by atoms with Gasteiger partial charge in [-0.3, -0.25) is 9.59 Å². The number of amides is 1. The Balaban J connectivity index is 1.82. The van der Waals surface area contributed by atoms with Crippen LogP contribution >= 0.6 is 7.26 Å². The molecule has 0 aliphatic heterocycles. The van der Waals surface area contributed by atoms with Gasteiger partial charge in [-0.15, -0.1) is 0 Å². The predicted molar refractivity (Wildman–Crippen MR) is 134 cm³/mol. The van der Waals surface area contributed by atoms with Crippen LogP contribution in [-0.2, 0) is 14.3 Å². The molecule has 3 aromatic carbocycles. The monoisotopic (exact) mass is 448 g/mol. The summed E-state index contributed by atoms with van der Waals surface area (Å²) in [6.07, 6.45) is 2.25. The van der Waals surface area contributed by atoms with E-state index in [2.05, 4.69) is 41.7 Å². The number of esters is 1. The topological polar surface area (TPSA) is 55.4 Å². The van der Waals surface area contributed by atoms with Crippen molar-refractivity contribution in [3.63, 3.8) is 0 Å². The molecule has 3 rings (SSSR count). The Hall–Kier alpha value is -2.97. The largest absolute Gasteiger partial charge is 0.466 e. The quantitative estimate of drug-likeness (QED) is 0.276. The molecule has 1 amide bonds. The van der Waals surface area contributed by atoms with Crippen LogP contribution in [0, 0.1) is 0 Å². The van der Waals surface area contributed by atoms with Crippen LogP contribution in [-0.4, -0.2) is 31.2 Å². The van der Waals surface area contributed by atoms with Gasteiger partial charge in [-0.1, -0.05) is 54.6 Å². The van der Waals surface area contributed by atoms with Gasteiger partial charge in [0.15, 0.2) is 6.16 Å². The number of nitrogens with one attached hydrogen (secondary N) is 1. The summed E-state index contributed by atoms with van der Waals surface area (Å²) in [6.45, 7) is 2.76. The molecule has 0 spiro atoms. The van der Waals surface area contributed by atoms with E-state index in [4.69, 9.17) is 4.74 Å². The minimum Gasteiger partial charge on any atom is -0.466 e. The molecule has 32 heavy (non-hydrogen) atoms. The number of hydrogen-bond acceptors (Lipinski definition) is 3. The number of ether oxygens (including phenoxy) is 1. The third-order valence-electron chi connectivity index (χ3n) is 5.41. The van der Waals surface area contributed by atoms with Gasteiger partial charge in [0, 0.05) is 13.0 Å². The maximum absolute atomic E-state index is 13.2. The number of carbonyl (C=O) groups is 2. The van der Waals surface area contributed by atoms with Gasteiger partial charge < -0.3 is 10.1 Å². The van der Waals surface area contributed by atoms with Crippen molar-refractivity contribution in [1.29, 1.82) is 0 Å². The van der Waals surface area contributed by atoms with Crippen molar-refractivity contribution in [1.82, 2.24) is 5.32 Å². The highest BCUT2D eigenvalue weighted by atomic mass is 31.2. The van der Waals surface area contributed by atoms with Crippen LogP contribution in [0.1, 0.15) is 26.2 Å². The smallest absolute Gasteiger partial charge is 0.305 e. The molecular weight excluding hydrogens is 417 g/mol. The fourth-order valence-corrected chi connectivity index (χ4v) is 7.92. The molecule has 0 aliphatic rings. The minimum atomic E-state index is -2.18. The van der Waals surface area contributed by atoms with Gasteiger partial charge in [0.25, 0.3) is 5.91 Å². The fourth-order valence-electron chi connectivity index (χ4n) is 3.90. The van der Waals surface area contributed by atoms with Crippen molar-refractivity contribution >= 4 is 35.1 Å². The number of benzene rings is 3. The lowest BCUT2D eigenvalue weighted by Gasteiger charge is -2.27. The van der Waals surface area contributed by atoms with E-state index >= 15 is 0 Å². The predicted octanol–water partition coefficient (Wildman–Crippen LogP) is 3.83. The summed E-state index contributed by atoms with van der Waals surface area (Å²) >= 11 is 0. The first-order chi connectivity index (χ1) is 15.7. The van der Waals surface area contributed by atoms with Gasteiger partial charge in [-0.2, -0.15) is 0 Å². The molecule has 1 N–H and O–H groups in total. The van der Waals surface area contributed by atoms with Crippen molar-refractivity contribution < 1.29 is 14.3 Å². The Labute approximate surface area is 191 Å². The Bertz CT molecular complexity index is 881. The summed E-state index contributed by atoms with van der Waals surface area (Å²) < 4.78 is 4.96. The summed E-state index contributed by atoms with van der Waals surface area (Å²) in [5.41, 5.74) is 0. The Morgan fingerprint density at radius 1 is 0.750 bits per heavy atom. The molecule has 0 aliphatic carbocycles. The number of carbonyl (C=O) groups excluding carboxylic acids is 2. The van der Waals surface area contributed by atoms with Crippen LogP contribution in [0.4, 0.5) is 0 Å². The summed E-state index contributed by atoms with van der Waals surface area (Å²) in [7, 11) is -2.18. The van der Waals surface area contributed by atoms with E-state index in [9.17, 15) is 9.59 Å². The summed E-state index contributed by atoms with van der Waals surface area (Å²) in [4.78, 5) is 24.7. The molecule has 166 valence electrons. The van der Waals surface area contributed by atoms with Gasteiger partial charge >= 0.3 is 5.97 Å². The average Bonchev–Trinajstić information content (AvgIpc) is 2.84. The first-order valence-electron chi connectivity index (χ1n) is 11.1. The second-order valence-electron chi connectivity index (χ2n) is 7.59. The van der Waals surface area contributed by atoms with Gasteiger partial charge in [0.2, 0.25) is 0 Å². The first-order valence-corrected chi connectivity index (χ1v) is 13.1. The molecule has 0 atom stereocenters. The standard InChI is InChI=1S/C27H30NO3P/c1-2-31-27(30)20-12-13-21-28-26(29)22-32(23-14-6-3-7-15-23,24-16-8-4-9-17-24)25-18-10-5-11-19-25/h3-11,14-19H,2,12-13,20-22H2,1H3/p+1. The summed E-state index contributed by atoms with van der Waals surface area (Å²) in [6, 6.07) is 31.1. The van der Waals surface area contributed by atoms with Crippen LogP contribution in [0.25, 0.3) is 0 Å². The molecule has 0 bridgehead atoms. The third-order valence-corrected chi connectivity index (χ3v) is 9.71. The Kier molecular flexibility index (Phi) is 9.01. The lowest BCUT2D eigenvalue weighted by Crippen LogP contribution is -2.39. The van der Waals surface area contributed by atoms with Crippen molar-refractivity contribution in [3.8, 4) is 0 Å². The molecular formula is C27H31NO3P+. The van der Waals surface area contributed by atoms with Crippen molar-refractivity contribution in [2.75, 3.05) is 19.3 Å². The highest BCUT2D eigenvalue weighted by molar-refractivity contribution is 7.96. The van der Waals surface area contributed by atoms with E-state index in [1.807, 2.05) is 54.6 Å². The zero-order valence-electron chi connectivity index (χ0n) is 18.6. The van der Waals surface area contributed by atoms with Crippen molar-refractivity contribution in [2.24, 2.45) is 0 Å². The van der Waals surface area contributed by atoms with Crippen LogP contribution in [0.15, 0.2) is 91.0 Å². The van der Waals surface area contributed by atoms with Gasteiger partial charge in [0.05, 0.1) is 6.61 Å². The zero-order chi connectivity index (χ0) is 22.7. The number of hydrogen-bond donors (Lipinski definition) is 1. The van der Waals surface area contributed by atoms with E-state index in [0.29, 0.717) is 32.2 Å². The molecule has 0 saturated heterocycles. The summed E-state index contributed by atoms with van der Waals surface area (Å²) in [5.74, 6) is -0.146. The second kappa shape index (κ2) is 12.2. The highest BCUT2D eigenvalue weighted by Crippen LogP contribution is 2.54. The average molecular weight is 449 g/mol. The Morgan fingerprint density at radius 3 is 1.66 bits per heavy atom. The van der Waals surface area contributed by atoms with Crippen LogP contribution in [0.5, 0.6) is 0 Å². The van der Waals surface area contributed by atoms with Gasteiger partial charge in [-0.05, 0) is 56.2 Å². The number of rotatable bonds is 11. The third kappa shape index (κ3) is 6.05. The van der Waals surface area contributed by atoms with E-state index < -0.39 is 7.26 Å². The Morgan fingerprint density at radius 2 is 1.22 bits per heavy atom. The lowest BCUT2D eigenvalue weighted by molar-refractivity contribution is -0.143. The molecule has 5 heteroatoms. The number of unbranched alkanes of at least 4 members (excludes halogenated alkanes) is 1. The minimum absolute atomic E-state index is 0.0334. The summed E-state index contributed by atoms with van der Waals surface area (Å²) in [5, 5.41) is 6.66. The maximum Gasteiger partial charge on any atom is 0.305 e.